The van der Waals surface area contributed by atoms with Gasteiger partial charge in [0.2, 0.25) is 0 Å². The first-order valence-corrected chi connectivity index (χ1v) is 4.56. The largest absolute Gasteiger partial charge is 0.392 e. The minimum absolute atomic E-state index is 0.00113. The van der Waals surface area contributed by atoms with Crippen LogP contribution in [-0.4, -0.2) is 28.5 Å². The van der Waals surface area contributed by atoms with E-state index in [1.165, 1.54) is 0 Å². The highest BCUT2D eigenvalue weighted by Gasteiger charge is 2.21. The summed E-state index contributed by atoms with van der Waals surface area (Å²) in [6, 6.07) is 3.90. The van der Waals surface area contributed by atoms with Crippen LogP contribution < -0.4 is 0 Å². The zero-order valence-corrected chi connectivity index (χ0v) is 7.97. The zero-order valence-electron chi connectivity index (χ0n) is 7.97. The lowest BCUT2D eigenvalue weighted by Gasteiger charge is -2.01. The van der Waals surface area contributed by atoms with Crippen molar-refractivity contribution in [2.75, 3.05) is 6.61 Å². The Balaban J connectivity index is 2.13. The molecule has 1 aromatic heterocycles. The number of aromatic nitrogens is 1. The van der Waals surface area contributed by atoms with E-state index in [1.54, 1.807) is 6.20 Å². The summed E-state index contributed by atoms with van der Waals surface area (Å²) in [5.41, 5.74) is 2.75. The fourth-order valence-electron chi connectivity index (χ4n) is 1.32. The summed E-state index contributed by atoms with van der Waals surface area (Å²) in [5.74, 6) is 0. The van der Waals surface area contributed by atoms with Gasteiger partial charge in [-0.15, -0.1) is 0 Å². The number of hydrogen-bond donors (Lipinski definition) is 1. The molecule has 0 saturated carbocycles. The molecule has 1 atom stereocenters. The summed E-state index contributed by atoms with van der Waals surface area (Å²) in [6.07, 6.45) is 2.23. The molecule has 0 bridgehead atoms. The van der Waals surface area contributed by atoms with Gasteiger partial charge in [-0.25, -0.2) is 0 Å². The lowest BCUT2D eigenvalue weighted by molar-refractivity contribution is 0.0390. The van der Waals surface area contributed by atoms with Crippen LogP contribution in [0.1, 0.15) is 17.7 Å². The maximum Gasteiger partial charge on any atom is 0.156 e. The van der Waals surface area contributed by atoms with Gasteiger partial charge in [-0.1, -0.05) is 11.2 Å². The molecule has 4 nitrogen and oxygen atoms in total. The third kappa shape index (κ3) is 1.75. The number of aliphatic hydroxyl groups excluding tert-OH is 1. The Morgan fingerprint density at radius 2 is 2.43 bits per heavy atom. The van der Waals surface area contributed by atoms with Gasteiger partial charge in [-0.3, -0.25) is 4.98 Å². The van der Waals surface area contributed by atoms with E-state index >= 15 is 0 Å². The first kappa shape index (κ1) is 9.15. The number of hydrogen-bond acceptors (Lipinski definition) is 4. The average molecular weight is 192 g/mol. The van der Waals surface area contributed by atoms with Crippen LogP contribution in [0.5, 0.6) is 0 Å². The normalized spacial score (nSPS) is 20.4. The maximum atomic E-state index is 8.86. The summed E-state index contributed by atoms with van der Waals surface area (Å²) in [5, 5.41) is 12.7. The van der Waals surface area contributed by atoms with E-state index in [1.807, 2.05) is 19.1 Å². The van der Waals surface area contributed by atoms with E-state index in [4.69, 9.17) is 9.94 Å². The topological polar surface area (TPSA) is 54.7 Å². The molecule has 0 aliphatic carbocycles. The Labute approximate surface area is 82.2 Å². The summed E-state index contributed by atoms with van der Waals surface area (Å²) in [7, 11) is 0. The second kappa shape index (κ2) is 3.75. The highest BCUT2D eigenvalue weighted by Crippen LogP contribution is 2.14. The molecule has 0 aromatic carbocycles. The van der Waals surface area contributed by atoms with Crippen molar-refractivity contribution in [3.8, 4) is 0 Å². The Hall–Kier alpha value is -1.42. The summed E-state index contributed by atoms with van der Waals surface area (Å²) >= 11 is 0. The monoisotopic (exact) mass is 192 g/mol. The summed E-state index contributed by atoms with van der Waals surface area (Å²) in [4.78, 5) is 9.23. The molecule has 0 fully saturated rings. The van der Waals surface area contributed by atoms with Crippen molar-refractivity contribution in [2.45, 2.75) is 19.4 Å². The number of pyridine rings is 1. The van der Waals surface area contributed by atoms with Crippen LogP contribution in [0.2, 0.25) is 0 Å². The molecule has 0 radical (unpaired) electrons. The lowest BCUT2D eigenvalue weighted by Crippen LogP contribution is -2.13. The van der Waals surface area contributed by atoms with Gasteiger partial charge < -0.3 is 9.94 Å². The van der Waals surface area contributed by atoms with Crippen molar-refractivity contribution >= 4 is 5.71 Å². The minimum Gasteiger partial charge on any atom is -0.392 e. The van der Waals surface area contributed by atoms with Gasteiger partial charge >= 0.3 is 0 Å². The highest BCUT2D eigenvalue weighted by atomic mass is 16.6. The maximum absolute atomic E-state index is 8.86. The number of oxime groups is 1. The van der Waals surface area contributed by atoms with Crippen molar-refractivity contribution < 1.29 is 9.94 Å². The molecule has 0 saturated heterocycles. The molecule has 1 N–H and O–H groups in total. The Morgan fingerprint density at radius 1 is 1.57 bits per heavy atom. The first-order chi connectivity index (χ1) is 6.79. The van der Waals surface area contributed by atoms with Gasteiger partial charge in [0.1, 0.15) is 5.71 Å². The first-order valence-electron chi connectivity index (χ1n) is 4.56. The Bertz CT molecular complexity index is 346. The second-order valence-electron chi connectivity index (χ2n) is 3.37. The van der Waals surface area contributed by atoms with E-state index in [0.29, 0.717) is 6.42 Å². The predicted octanol–water partition coefficient (Wildman–Crippen LogP) is 0.875. The fourth-order valence-corrected chi connectivity index (χ4v) is 1.32. The standard InChI is InChI=1S/C10H12N2O2/c1-7-2-3-9(11-5-7)10-4-8(6-13)14-12-10/h2-3,5,8,13H,4,6H2,1H3/t8-/m0/s1. The molecule has 2 heterocycles. The van der Waals surface area contributed by atoms with Crippen LogP contribution in [0, 0.1) is 6.92 Å². The Kier molecular flexibility index (Phi) is 2.45. The molecule has 1 aliphatic rings. The van der Waals surface area contributed by atoms with E-state index in [-0.39, 0.29) is 12.7 Å². The van der Waals surface area contributed by atoms with E-state index < -0.39 is 0 Å². The number of aryl methyl sites for hydroxylation is 1. The van der Waals surface area contributed by atoms with Crippen molar-refractivity contribution in [3.05, 3.63) is 29.6 Å². The second-order valence-corrected chi connectivity index (χ2v) is 3.37. The number of rotatable bonds is 2. The molecule has 0 spiro atoms. The molecule has 14 heavy (non-hydrogen) atoms. The lowest BCUT2D eigenvalue weighted by atomic mass is 10.1. The number of nitrogens with zero attached hydrogens (tertiary/aromatic N) is 2. The van der Waals surface area contributed by atoms with E-state index in [9.17, 15) is 0 Å². The van der Waals surface area contributed by atoms with Crippen LogP contribution in [0.4, 0.5) is 0 Å². The fraction of sp³-hybridized carbons (Fsp3) is 0.400. The SMILES string of the molecule is Cc1ccc(C2=NO[C@H](CO)C2)nc1. The van der Waals surface area contributed by atoms with Crippen molar-refractivity contribution in [1.29, 1.82) is 0 Å². The van der Waals surface area contributed by atoms with Gasteiger partial charge in [0.25, 0.3) is 0 Å². The van der Waals surface area contributed by atoms with Crippen molar-refractivity contribution in [1.82, 2.24) is 4.98 Å². The van der Waals surface area contributed by atoms with Crippen LogP contribution in [0.3, 0.4) is 0 Å². The van der Waals surface area contributed by atoms with Crippen LogP contribution in [-0.2, 0) is 4.84 Å². The van der Waals surface area contributed by atoms with Crippen LogP contribution in [0.15, 0.2) is 23.5 Å². The van der Waals surface area contributed by atoms with Crippen LogP contribution in [0.25, 0.3) is 0 Å². The van der Waals surface area contributed by atoms with Gasteiger partial charge in [0, 0.05) is 12.6 Å². The van der Waals surface area contributed by atoms with Gasteiger partial charge in [0.05, 0.1) is 12.3 Å². The van der Waals surface area contributed by atoms with Crippen molar-refractivity contribution in [2.24, 2.45) is 5.16 Å². The van der Waals surface area contributed by atoms with Gasteiger partial charge in [-0.05, 0) is 18.6 Å². The highest BCUT2D eigenvalue weighted by molar-refractivity contribution is 5.99. The molecular formula is C10H12N2O2. The molecule has 2 rings (SSSR count). The number of aliphatic hydroxyl groups is 1. The van der Waals surface area contributed by atoms with E-state index in [2.05, 4.69) is 10.1 Å². The molecule has 0 unspecified atom stereocenters. The average Bonchev–Trinajstić information content (AvgIpc) is 2.67. The van der Waals surface area contributed by atoms with Crippen LogP contribution >= 0.6 is 0 Å². The zero-order chi connectivity index (χ0) is 9.97. The van der Waals surface area contributed by atoms with Crippen molar-refractivity contribution in [3.63, 3.8) is 0 Å². The predicted molar refractivity (Wildman–Crippen MR) is 52.1 cm³/mol. The third-order valence-corrected chi connectivity index (χ3v) is 2.14. The minimum atomic E-state index is -0.201. The summed E-state index contributed by atoms with van der Waals surface area (Å²) < 4.78 is 0. The molecule has 1 aromatic rings. The van der Waals surface area contributed by atoms with Gasteiger partial charge in [-0.2, -0.15) is 0 Å². The molecular weight excluding hydrogens is 180 g/mol. The third-order valence-electron chi connectivity index (χ3n) is 2.14. The van der Waals surface area contributed by atoms with Gasteiger partial charge in [0.15, 0.2) is 6.10 Å². The molecule has 0 amide bonds. The molecule has 74 valence electrons. The Morgan fingerprint density at radius 3 is 3.00 bits per heavy atom. The quantitative estimate of drug-likeness (QED) is 0.756. The molecule has 1 aliphatic heterocycles. The molecule has 4 heteroatoms. The van der Waals surface area contributed by atoms with E-state index in [0.717, 1.165) is 17.0 Å². The smallest absolute Gasteiger partial charge is 0.156 e. The summed E-state index contributed by atoms with van der Waals surface area (Å²) in [6.45, 7) is 1.99.